The highest BCUT2D eigenvalue weighted by molar-refractivity contribution is 7.90. The first-order chi connectivity index (χ1) is 17.4. The van der Waals surface area contributed by atoms with Crippen LogP contribution in [0.3, 0.4) is 0 Å². The molecule has 196 valence electrons. The second kappa shape index (κ2) is 10.0. The molecule has 10 heteroatoms. The van der Waals surface area contributed by atoms with Crippen LogP contribution >= 0.6 is 0 Å². The van der Waals surface area contributed by atoms with Crippen LogP contribution < -0.4 is 20.1 Å². The van der Waals surface area contributed by atoms with Crippen molar-refractivity contribution < 1.29 is 17.9 Å². The van der Waals surface area contributed by atoms with Crippen LogP contribution in [0.15, 0.2) is 59.8 Å². The Morgan fingerprint density at radius 1 is 1.16 bits per heavy atom. The molecule has 37 heavy (non-hydrogen) atoms. The van der Waals surface area contributed by atoms with Gasteiger partial charge in [-0.2, -0.15) is 8.42 Å². The minimum atomic E-state index is -4.26. The van der Waals surface area contributed by atoms with Crippen LogP contribution in [-0.2, 0) is 10.0 Å². The Balaban J connectivity index is 1.78. The molecule has 1 aromatic carbocycles. The van der Waals surface area contributed by atoms with Crippen molar-refractivity contribution >= 4 is 27.6 Å². The molecule has 1 aliphatic heterocycles. The fourth-order valence-electron chi connectivity index (χ4n) is 4.79. The molecule has 1 atom stereocenters. The van der Waals surface area contributed by atoms with E-state index in [1.54, 1.807) is 12.3 Å². The fraction of sp³-hybridized carbons (Fsp3) is 0.370. The number of nitrogens with one attached hydrogen (secondary N) is 1. The Hall–Kier alpha value is -3.66. The third kappa shape index (κ3) is 5.85. The van der Waals surface area contributed by atoms with Crippen molar-refractivity contribution in [2.45, 2.75) is 57.7 Å². The van der Waals surface area contributed by atoms with E-state index in [9.17, 15) is 13.2 Å². The Labute approximate surface area is 218 Å². The van der Waals surface area contributed by atoms with E-state index in [1.165, 1.54) is 18.2 Å². The molecule has 0 spiro atoms. The van der Waals surface area contributed by atoms with E-state index in [-0.39, 0.29) is 28.1 Å². The van der Waals surface area contributed by atoms with E-state index < -0.39 is 15.9 Å². The Morgan fingerprint density at radius 3 is 2.54 bits per heavy atom. The molecule has 1 saturated heterocycles. The minimum absolute atomic E-state index is 0.00215. The molecule has 3 heterocycles. The number of nitrogens with two attached hydrogens (primary N) is 1. The van der Waals surface area contributed by atoms with Gasteiger partial charge in [0.25, 0.3) is 15.9 Å². The average molecular weight is 524 g/mol. The van der Waals surface area contributed by atoms with E-state index >= 15 is 0 Å². The lowest BCUT2D eigenvalue weighted by Crippen LogP contribution is -2.41. The number of aromatic nitrogens is 2. The minimum Gasteiger partial charge on any atom is -0.491 e. The van der Waals surface area contributed by atoms with Gasteiger partial charge in [-0.15, -0.1) is 0 Å². The van der Waals surface area contributed by atoms with Gasteiger partial charge < -0.3 is 15.4 Å². The van der Waals surface area contributed by atoms with Crippen LogP contribution in [0.5, 0.6) is 5.75 Å². The molecule has 1 aliphatic rings. The molecule has 9 nitrogen and oxygen atoms in total. The number of rotatable bonds is 7. The van der Waals surface area contributed by atoms with E-state index in [0.29, 0.717) is 29.6 Å². The summed E-state index contributed by atoms with van der Waals surface area (Å²) in [7, 11) is -4.26. The first kappa shape index (κ1) is 26.4. The third-order valence-corrected chi connectivity index (χ3v) is 7.46. The fourth-order valence-corrected chi connectivity index (χ4v) is 5.73. The van der Waals surface area contributed by atoms with Gasteiger partial charge in [0, 0.05) is 23.8 Å². The highest BCUT2D eigenvalue weighted by Gasteiger charge is 2.39. The number of anilines is 2. The molecule has 1 amide bonds. The number of ether oxygens (including phenoxy) is 1. The number of pyridine rings is 2. The second-order valence-electron chi connectivity index (χ2n) is 10.4. The molecular weight excluding hydrogens is 490 g/mol. The van der Waals surface area contributed by atoms with Gasteiger partial charge in [0.15, 0.2) is 5.03 Å². The Bertz CT molecular complexity index is 1420. The maximum absolute atomic E-state index is 13.5. The lowest BCUT2D eigenvalue weighted by Gasteiger charge is -2.33. The summed E-state index contributed by atoms with van der Waals surface area (Å²) in [5, 5.41) is -0.333. The number of hydrogen-bond donors (Lipinski definition) is 2. The van der Waals surface area contributed by atoms with Crippen LogP contribution in [0, 0.1) is 5.92 Å². The van der Waals surface area contributed by atoms with Crippen LogP contribution in [0.1, 0.15) is 51.4 Å². The van der Waals surface area contributed by atoms with Crippen molar-refractivity contribution in [2.24, 2.45) is 5.92 Å². The third-order valence-electron chi connectivity index (χ3n) is 6.23. The maximum Gasteiger partial charge on any atom is 0.281 e. The van der Waals surface area contributed by atoms with Crippen molar-refractivity contribution in [3.05, 3.63) is 60.3 Å². The summed E-state index contributed by atoms with van der Waals surface area (Å²) in [6.45, 7) is 10.9. The van der Waals surface area contributed by atoms with E-state index in [4.69, 9.17) is 10.5 Å². The van der Waals surface area contributed by atoms with Gasteiger partial charge in [-0.25, -0.2) is 14.7 Å². The van der Waals surface area contributed by atoms with Gasteiger partial charge in [0.05, 0.1) is 11.7 Å². The maximum atomic E-state index is 13.5. The van der Waals surface area contributed by atoms with E-state index in [1.807, 2.05) is 38.1 Å². The van der Waals surface area contributed by atoms with Crippen LogP contribution in [0.2, 0.25) is 0 Å². The molecule has 2 aromatic heterocycles. The summed E-state index contributed by atoms with van der Waals surface area (Å²) in [5.74, 6) is 0.750. The summed E-state index contributed by atoms with van der Waals surface area (Å²) in [6, 6.07) is 13.4. The molecule has 3 N–H and O–H groups in total. The van der Waals surface area contributed by atoms with Gasteiger partial charge in [0.1, 0.15) is 17.4 Å². The first-order valence-corrected chi connectivity index (χ1v) is 13.7. The molecule has 4 rings (SSSR count). The van der Waals surface area contributed by atoms with E-state index in [0.717, 1.165) is 12.0 Å². The lowest BCUT2D eigenvalue weighted by molar-refractivity contribution is 0.0981. The number of sulfonamides is 1. The predicted molar refractivity (Wildman–Crippen MR) is 144 cm³/mol. The lowest BCUT2D eigenvalue weighted by atomic mass is 9.97. The van der Waals surface area contributed by atoms with Gasteiger partial charge >= 0.3 is 0 Å². The number of carbonyl (C=O) groups excluding carboxylic acids is 1. The smallest absolute Gasteiger partial charge is 0.281 e. The summed E-state index contributed by atoms with van der Waals surface area (Å²) in [5.41, 5.74) is 7.00. The number of nitrogen functional groups attached to an aromatic ring is 1. The van der Waals surface area contributed by atoms with Crippen molar-refractivity contribution in [1.82, 2.24) is 14.7 Å². The number of carbonyl (C=O) groups is 1. The quantitative estimate of drug-likeness (QED) is 0.470. The summed E-state index contributed by atoms with van der Waals surface area (Å²) in [6.07, 6.45) is 2.62. The summed E-state index contributed by atoms with van der Waals surface area (Å²) in [4.78, 5) is 24.2. The van der Waals surface area contributed by atoms with Crippen molar-refractivity contribution in [3.8, 4) is 16.9 Å². The monoisotopic (exact) mass is 523 g/mol. The van der Waals surface area contributed by atoms with Gasteiger partial charge in [-0.3, -0.25) is 4.79 Å². The average Bonchev–Trinajstić information content (AvgIpc) is 3.09. The number of nitrogens with zero attached hydrogens (tertiary/aromatic N) is 3. The zero-order valence-electron chi connectivity index (χ0n) is 21.7. The Morgan fingerprint density at radius 2 is 1.89 bits per heavy atom. The zero-order valence-corrected chi connectivity index (χ0v) is 22.5. The molecule has 0 saturated carbocycles. The van der Waals surface area contributed by atoms with E-state index in [2.05, 4.69) is 40.4 Å². The van der Waals surface area contributed by atoms with Crippen LogP contribution in [0.25, 0.3) is 11.1 Å². The number of benzene rings is 1. The number of amides is 1. The van der Waals surface area contributed by atoms with Crippen molar-refractivity contribution in [2.75, 3.05) is 17.2 Å². The predicted octanol–water partition coefficient (Wildman–Crippen LogP) is 4.26. The molecule has 0 bridgehead atoms. The van der Waals surface area contributed by atoms with Crippen LogP contribution in [-0.4, -0.2) is 42.5 Å². The van der Waals surface area contributed by atoms with Crippen molar-refractivity contribution in [1.29, 1.82) is 0 Å². The zero-order chi connectivity index (χ0) is 27.0. The second-order valence-corrected chi connectivity index (χ2v) is 12.0. The highest BCUT2D eigenvalue weighted by Crippen LogP contribution is 2.38. The van der Waals surface area contributed by atoms with Gasteiger partial charge in [0.2, 0.25) is 0 Å². The molecular formula is C27H33N5O4S. The summed E-state index contributed by atoms with van der Waals surface area (Å²) >= 11 is 0. The molecule has 3 aromatic rings. The SMILES string of the molecule is CC1CN(c2ncc(-c3cccc(OC(C)C)c3)cc2C(=O)NS(=O)(=O)c2cccc(N)n2)C(C)(C)C1. The van der Waals surface area contributed by atoms with Crippen LogP contribution in [0.4, 0.5) is 11.6 Å². The standard InChI is InChI=1S/C27H33N5O4S/c1-17(2)36-21-9-6-8-19(12-21)20-13-22(25(29-15-20)32-16-18(3)14-27(32,4)5)26(33)31-37(34,35)24-11-7-10-23(28)30-24/h6-13,15,17-18H,14,16H2,1-5H3,(H2,28,30)(H,31,33). The molecule has 1 unspecified atom stereocenters. The Kier molecular flexibility index (Phi) is 7.14. The molecule has 0 aliphatic carbocycles. The van der Waals surface area contributed by atoms with Gasteiger partial charge in [-0.1, -0.05) is 25.1 Å². The largest absolute Gasteiger partial charge is 0.491 e. The summed E-state index contributed by atoms with van der Waals surface area (Å²) < 4.78 is 33.9. The molecule has 1 fully saturated rings. The van der Waals surface area contributed by atoms with Crippen molar-refractivity contribution in [3.63, 3.8) is 0 Å². The normalized spacial score (nSPS) is 17.1. The highest BCUT2D eigenvalue weighted by atomic mass is 32.2. The van der Waals surface area contributed by atoms with Gasteiger partial charge in [-0.05, 0) is 75.9 Å². The topological polar surface area (TPSA) is 128 Å². The first-order valence-electron chi connectivity index (χ1n) is 12.2. The number of hydrogen-bond acceptors (Lipinski definition) is 8. The molecule has 0 radical (unpaired) electrons.